The van der Waals surface area contributed by atoms with Crippen molar-refractivity contribution < 1.29 is 9.53 Å². The molecule has 0 aromatic heterocycles. The van der Waals surface area contributed by atoms with E-state index in [1.807, 2.05) is 0 Å². The fraction of sp³-hybridized carbons (Fsp3) is 0.682. The summed E-state index contributed by atoms with van der Waals surface area (Å²) in [6.07, 6.45) is 10.00. The highest BCUT2D eigenvalue weighted by atomic mass is 35.5. The Bertz CT molecular complexity index is 737. The summed E-state index contributed by atoms with van der Waals surface area (Å²) in [7, 11) is 0. The lowest BCUT2D eigenvalue weighted by Gasteiger charge is -2.43. The summed E-state index contributed by atoms with van der Waals surface area (Å²) in [6, 6.07) is 3.01. The number of piperazine rings is 1. The van der Waals surface area contributed by atoms with Crippen LogP contribution in [0.5, 0.6) is 5.75 Å². The van der Waals surface area contributed by atoms with Crippen LogP contribution >= 0.6 is 23.2 Å². The van der Waals surface area contributed by atoms with Gasteiger partial charge in [-0.15, -0.1) is 0 Å². The van der Waals surface area contributed by atoms with Crippen molar-refractivity contribution in [2.75, 3.05) is 31.6 Å². The standard InChI is InChI=1S/C22H31Cl2N3O2/c23-18-13-19(24)22(17-8-9-20(28)26-21(17)18)29-12-4-7-16-14-25-10-11-27(16)15-5-2-1-3-6-15/h13,15-16,25H,1-12,14H2,(H,26,28). The van der Waals surface area contributed by atoms with E-state index in [-0.39, 0.29) is 5.91 Å². The molecule has 1 atom stereocenters. The minimum Gasteiger partial charge on any atom is -0.492 e. The highest BCUT2D eigenvalue weighted by Crippen LogP contribution is 2.42. The SMILES string of the molecule is O=C1CCc2c(c(Cl)cc(Cl)c2OCCCC2CNCCN2C2CCCCC2)N1. The van der Waals surface area contributed by atoms with Gasteiger partial charge in [0.25, 0.3) is 0 Å². The molecule has 5 nitrogen and oxygen atoms in total. The van der Waals surface area contributed by atoms with E-state index in [9.17, 15) is 4.79 Å². The van der Waals surface area contributed by atoms with Crippen LogP contribution in [-0.4, -0.2) is 49.1 Å². The fourth-order valence-electron chi connectivity index (χ4n) is 5.05. The molecule has 0 bridgehead atoms. The molecular weight excluding hydrogens is 409 g/mol. The number of amides is 1. The van der Waals surface area contributed by atoms with E-state index in [1.54, 1.807) is 6.07 Å². The van der Waals surface area contributed by atoms with E-state index in [2.05, 4.69) is 15.5 Å². The Balaban J connectivity index is 1.34. The molecule has 1 saturated carbocycles. The maximum atomic E-state index is 11.7. The fourth-order valence-corrected chi connectivity index (χ4v) is 5.66. The number of anilines is 1. The third-order valence-corrected chi connectivity index (χ3v) is 7.10. The highest BCUT2D eigenvalue weighted by Gasteiger charge is 2.29. The molecule has 0 spiro atoms. The van der Waals surface area contributed by atoms with Gasteiger partial charge in [-0.25, -0.2) is 0 Å². The quantitative estimate of drug-likeness (QED) is 0.633. The zero-order valence-electron chi connectivity index (χ0n) is 16.9. The summed E-state index contributed by atoms with van der Waals surface area (Å²) in [5.41, 5.74) is 1.58. The minimum atomic E-state index is -0.0136. The molecule has 1 unspecified atom stereocenters. The van der Waals surface area contributed by atoms with Crippen molar-refractivity contribution in [2.24, 2.45) is 0 Å². The van der Waals surface area contributed by atoms with Gasteiger partial charge in [0.15, 0.2) is 0 Å². The van der Waals surface area contributed by atoms with Gasteiger partial charge in [0.2, 0.25) is 5.91 Å². The van der Waals surface area contributed by atoms with Crippen molar-refractivity contribution >= 4 is 34.8 Å². The normalized spacial score (nSPS) is 23.5. The summed E-state index contributed by atoms with van der Waals surface area (Å²) in [6.45, 7) is 3.95. The third kappa shape index (κ3) is 5.01. The molecule has 4 rings (SSSR count). The summed E-state index contributed by atoms with van der Waals surface area (Å²) < 4.78 is 6.12. The van der Waals surface area contributed by atoms with Gasteiger partial charge >= 0.3 is 0 Å². The first kappa shape index (κ1) is 21.2. The molecule has 29 heavy (non-hydrogen) atoms. The van der Waals surface area contributed by atoms with E-state index in [0.29, 0.717) is 47.0 Å². The summed E-state index contributed by atoms with van der Waals surface area (Å²) >= 11 is 12.7. The topological polar surface area (TPSA) is 53.6 Å². The van der Waals surface area contributed by atoms with Gasteiger partial charge < -0.3 is 15.4 Å². The number of carbonyl (C=O) groups excluding carboxylic acids is 1. The molecule has 1 aliphatic carbocycles. The monoisotopic (exact) mass is 439 g/mol. The minimum absolute atomic E-state index is 0.0136. The molecular formula is C22H31Cl2N3O2. The smallest absolute Gasteiger partial charge is 0.224 e. The van der Waals surface area contributed by atoms with Gasteiger partial charge in [-0.05, 0) is 38.2 Å². The van der Waals surface area contributed by atoms with Crippen molar-refractivity contribution in [1.82, 2.24) is 10.2 Å². The van der Waals surface area contributed by atoms with Crippen LogP contribution < -0.4 is 15.4 Å². The second-order valence-electron chi connectivity index (χ2n) is 8.45. The van der Waals surface area contributed by atoms with Crippen molar-refractivity contribution in [3.63, 3.8) is 0 Å². The van der Waals surface area contributed by atoms with Crippen LogP contribution in [0, 0.1) is 0 Å². The van der Waals surface area contributed by atoms with Gasteiger partial charge in [0.1, 0.15) is 5.75 Å². The number of halogens is 2. The molecule has 1 aromatic rings. The Morgan fingerprint density at radius 1 is 1.14 bits per heavy atom. The lowest BCUT2D eigenvalue weighted by molar-refractivity contribution is -0.116. The Labute approximate surface area is 183 Å². The average Bonchev–Trinajstić information content (AvgIpc) is 2.74. The number of hydrogen-bond donors (Lipinski definition) is 2. The highest BCUT2D eigenvalue weighted by molar-refractivity contribution is 6.38. The zero-order chi connectivity index (χ0) is 20.2. The van der Waals surface area contributed by atoms with Crippen LogP contribution in [0.4, 0.5) is 5.69 Å². The Kier molecular flexibility index (Phi) is 7.22. The molecule has 2 heterocycles. The summed E-state index contributed by atoms with van der Waals surface area (Å²) in [4.78, 5) is 14.5. The third-order valence-electron chi connectivity index (χ3n) is 6.52. The van der Waals surface area contributed by atoms with Crippen LogP contribution in [0.25, 0.3) is 0 Å². The second-order valence-corrected chi connectivity index (χ2v) is 9.26. The number of nitrogens with zero attached hydrogens (tertiary/aromatic N) is 1. The van der Waals surface area contributed by atoms with E-state index in [0.717, 1.165) is 44.1 Å². The first-order valence-electron chi connectivity index (χ1n) is 11.0. The van der Waals surface area contributed by atoms with Crippen LogP contribution in [0.15, 0.2) is 6.07 Å². The van der Waals surface area contributed by atoms with Gasteiger partial charge in [-0.3, -0.25) is 9.69 Å². The van der Waals surface area contributed by atoms with Gasteiger partial charge in [-0.1, -0.05) is 42.5 Å². The molecule has 160 valence electrons. The van der Waals surface area contributed by atoms with Gasteiger partial charge in [0, 0.05) is 43.7 Å². The molecule has 2 fully saturated rings. The van der Waals surface area contributed by atoms with Crippen molar-refractivity contribution in [1.29, 1.82) is 0 Å². The lowest BCUT2D eigenvalue weighted by Crippen LogP contribution is -2.55. The molecule has 2 aliphatic heterocycles. The van der Waals surface area contributed by atoms with E-state index in [1.165, 1.54) is 32.1 Å². The average molecular weight is 440 g/mol. The van der Waals surface area contributed by atoms with Gasteiger partial charge in [0.05, 0.1) is 22.3 Å². The van der Waals surface area contributed by atoms with Crippen molar-refractivity contribution in [2.45, 2.75) is 69.9 Å². The lowest BCUT2D eigenvalue weighted by atomic mass is 9.92. The maximum absolute atomic E-state index is 11.7. The maximum Gasteiger partial charge on any atom is 0.224 e. The van der Waals surface area contributed by atoms with Crippen molar-refractivity contribution in [3.8, 4) is 5.75 Å². The molecule has 3 aliphatic rings. The Morgan fingerprint density at radius 3 is 2.79 bits per heavy atom. The summed E-state index contributed by atoms with van der Waals surface area (Å²) in [5.74, 6) is 0.664. The van der Waals surface area contributed by atoms with Gasteiger partial charge in [-0.2, -0.15) is 0 Å². The second kappa shape index (κ2) is 9.86. The largest absolute Gasteiger partial charge is 0.492 e. The Morgan fingerprint density at radius 2 is 1.97 bits per heavy atom. The number of benzene rings is 1. The van der Waals surface area contributed by atoms with Crippen LogP contribution in [0.2, 0.25) is 10.0 Å². The van der Waals surface area contributed by atoms with Crippen LogP contribution in [0.1, 0.15) is 56.9 Å². The molecule has 0 radical (unpaired) electrons. The molecule has 7 heteroatoms. The molecule has 2 N–H and O–H groups in total. The molecule has 1 saturated heterocycles. The number of ether oxygens (including phenoxy) is 1. The first-order valence-corrected chi connectivity index (χ1v) is 11.8. The van der Waals surface area contributed by atoms with E-state index < -0.39 is 0 Å². The van der Waals surface area contributed by atoms with E-state index in [4.69, 9.17) is 27.9 Å². The van der Waals surface area contributed by atoms with Crippen LogP contribution in [0.3, 0.4) is 0 Å². The summed E-state index contributed by atoms with van der Waals surface area (Å²) in [5, 5.41) is 7.42. The zero-order valence-corrected chi connectivity index (χ0v) is 18.5. The predicted octanol–water partition coefficient (Wildman–Crippen LogP) is 4.64. The predicted molar refractivity (Wildman–Crippen MR) is 118 cm³/mol. The number of nitrogens with one attached hydrogen (secondary N) is 2. The number of carbonyl (C=O) groups is 1. The van der Waals surface area contributed by atoms with Crippen LogP contribution in [-0.2, 0) is 11.2 Å². The number of rotatable bonds is 6. The number of fused-ring (bicyclic) bond motifs is 1. The Hall–Kier alpha value is -1.01. The number of hydrogen-bond acceptors (Lipinski definition) is 4. The molecule has 1 amide bonds. The van der Waals surface area contributed by atoms with Crippen molar-refractivity contribution in [3.05, 3.63) is 21.7 Å². The first-order chi connectivity index (χ1) is 14.1. The molecule has 1 aromatic carbocycles. The van der Waals surface area contributed by atoms with E-state index >= 15 is 0 Å².